The molecule has 1 aliphatic carbocycles. The van der Waals surface area contributed by atoms with E-state index in [-0.39, 0.29) is 5.56 Å². The van der Waals surface area contributed by atoms with Gasteiger partial charge >= 0.3 is 5.97 Å². The zero-order valence-electron chi connectivity index (χ0n) is 12.9. The Balaban J connectivity index is 1.79. The highest BCUT2D eigenvalue weighted by Crippen LogP contribution is 2.33. The van der Waals surface area contributed by atoms with Crippen LogP contribution >= 0.6 is 11.9 Å². The second-order valence-electron chi connectivity index (χ2n) is 5.68. The lowest BCUT2D eigenvalue weighted by Crippen LogP contribution is -2.09. The third-order valence-corrected chi connectivity index (χ3v) is 4.64. The maximum absolute atomic E-state index is 11.4. The van der Waals surface area contributed by atoms with Gasteiger partial charge in [-0.15, -0.1) is 0 Å². The van der Waals surface area contributed by atoms with Crippen molar-refractivity contribution in [2.75, 3.05) is 18.0 Å². The number of benzene rings is 2. The molecular weight excluding hydrogens is 310 g/mol. The maximum atomic E-state index is 11.4. The molecule has 2 aromatic carbocycles. The second kappa shape index (κ2) is 6.96. The quantitative estimate of drug-likeness (QED) is 0.767. The first-order valence-corrected chi connectivity index (χ1v) is 8.37. The molecule has 0 unspecified atom stereocenters. The molecule has 0 radical (unpaired) electrons. The summed E-state index contributed by atoms with van der Waals surface area (Å²) in [6.45, 7) is 0.665. The number of ether oxygens (including phenoxy) is 1. The third kappa shape index (κ3) is 4.42. The van der Waals surface area contributed by atoms with Gasteiger partial charge in [-0.25, -0.2) is 4.79 Å². The molecule has 4 nitrogen and oxygen atoms in total. The number of carboxylic acids is 1. The van der Waals surface area contributed by atoms with Gasteiger partial charge in [0.25, 0.3) is 0 Å². The van der Waals surface area contributed by atoms with E-state index in [9.17, 15) is 9.90 Å². The summed E-state index contributed by atoms with van der Waals surface area (Å²) in [7, 11) is 1.92. The highest BCUT2D eigenvalue weighted by molar-refractivity contribution is 8.00. The molecule has 0 aromatic heterocycles. The molecule has 2 aromatic rings. The van der Waals surface area contributed by atoms with E-state index in [1.54, 1.807) is 24.1 Å². The van der Waals surface area contributed by atoms with E-state index in [1.165, 1.54) is 12.8 Å². The van der Waals surface area contributed by atoms with Gasteiger partial charge in [0.05, 0.1) is 17.9 Å². The van der Waals surface area contributed by atoms with E-state index in [1.807, 2.05) is 47.8 Å². The Morgan fingerprint density at radius 1 is 1.26 bits per heavy atom. The summed E-state index contributed by atoms with van der Waals surface area (Å²) in [6, 6.07) is 15.1. The lowest BCUT2D eigenvalue weighted by molar-refractivity contribution is 0.0696. The smallest absolute Gasteiger partial charge is 0.335 e. The maximum Gasteiger partial charge on any atom is 0.335 e. The van der Waals surface area contributed by atoms with Gasteiger partial charge in [-0.05, 0) is 55.0 Å². The Labute approximate surface area is 140 Å². The molecular formula is C18H19NO3S. The molecule has 5 heteroatoms. The number of aromatic carboxylic acids is 1. The fourth-order valence-electron chi connectivity index (χ4n) is 2.16. The zero-order chi connectivity index (χ0) is 16.2. The van der Waals surface area contributed by atoms with Crippen LogP contribution in [0, 0.1) is 5.92 Å². The molecule has 0 amide bonds. The van der Waals surface area contributed by atoms with Crippen LogP contribution in [0.25, 0.3) is 0 Å². The van der Waals surface area contributed by atoms with Crippen LogP contribution in [0.4, 0.5) is 5.69 Å². The Morgan fingerprint density at radius 2 is 2.00 bits per heavy atom. The van der Waals surface area contributed by atoms with Crippen molar-refractivity contribution in [3.63, 3.8) is 0 Å². The van der Waals surface area contributed by atoms with Crippen molar-refractivity contribution in [2.45, 2.75) is 17.7 Å². The number of hydrogen-bond acceptors (Lipinski definition) is 4. The summed E-state index contributed by atoms with van der Waals surface area (Å²) < 4.78 is 7.71. The molecule has 0 atom stereocenters. The number of hydrogen-bond donors (Lipinski definition) is 1. The van der Waals surface area contributed by atoms with Crippen LogP contribution in [0.15, 0.2) is 53.4 Å². The lowest BCUT2D eigenvalue weighted by Gasteiger charge is -2.19. The van der Waals surface area contributed by atoms with Crippen molar-refractivity contribution < 1.29 is 14.6 Å². The van der Waals surface area contributed by atoms with E-state index in [2.05, 4.69) is 0 Å². The van der Waals surface area contributed by atoms with Gasteiger partial charge in [0.15, 0.2) is 0 Å². The molecule has 1 fully saturated rings. The van der Waals surface area contributed by atoms with Crippen molar-refractivity contribution in [1.29, 1.82) is 0 Å². The highest BCUT2D eigenvalue weighted by atomic mass is 32.2. The minimum atomic E-state index is -0.943. The van der Waals surface area contributed by atoms with E-state index >= 15 is 0 Å². The van der Waals surface area contributed by atoms with E-state index in [4.69, 9.17) is 4.74 Å². The molecule has 1 saturated carbocycles. The average molecular weight is 329 g/mol. The molecule has 0 spiro atoms. The minimum absolute atomic E-state index is 0.244. The van der Waals surface area contributed by atoms with Crippen LogP contribution in [-0.2, 0) is 0 Å². The van der Waals surface area contributed by atoms with Crippen LogP contribution in [-0.4, -0.2) is 24.7 Å². The molecule has 23 heavy (non-hydrogen) atoms. The Hall–Kier alpha value is -2.14. The predicted octanol–water partition coefficient (Wildman–Crippen LogP) is 4.32. The summed E-state index contributed by atoms with van der Waals surface area (Å²) in [5, 5.41) is 9.31. The summed E-state index contributed by atoms with van der Waals surface area (Å²) >= 11 is 1.55. The van der Waals surface area contributed by atoms with Crippen molar-refractivity contribution in [2.24, 2.45) is 5.92 Å². The molecule has 120 valence electrons. The second-order valence-corrected chi connectivity index (χ2v) is 6.88. The normalized spacial score (nSPS) is 13.6. The van der Waals surface area contributed by atoms with Crippen molar-refractivity contribution in [3.05, 3.63) is 54.1 Å². The first-order valence-electron chi connectivity index (χ1n) is 7.60. The Morgan fingerprint density at radius 3 is 2.65 bits per heavy atom. The first-order chi connectivity index (χ1) is 11.1. The van der Waals surface area contributed by atoms with Gasteiger partial charge in [-0.2, -0.15) is 0 Å². The zero-order valence-corrected chi connectivity index (χ0v) is 13.8. The third-order valence-electron chi connectivity index (χ3n) is 3.67. The molecule has 0 heterocycles. The van der Waals surface area contributed by atoms with Gasteiger partial charge in [-0.1, -0.05) is 18.2 Å². The van der Waals surface area contributed by atoms with Crippen molar-refractivity contribution in [1.82, 2.24) is 0 Å². The average Bonchev–Trinajstić information content (AvgIpc) is 3.38. The number of carbonyl (C=O) groups is 1. The number of anilines is 1. The van der Waals surface area contributed by atoms with Crippen LogP contribution in [0.2, 0.25) is 0 Å². The molecule has 0 saturated heterocycles. The molecule has 1 N–H and O–H groups in total. The van der Waals surface area contributed by atoms with E-state index in [0.29, 0.717) is 18.3 Å². The number of carboxylic acid groups (broad SMARTS) is 1. The lowest BCUT2D eigenvalue weighted by atomic mass is 10.2. The van der Waals surface area contributed by atoms with Crippen LogP contribution < -0.4 is 9.04 Å². The molecule has 1 aliphatic rings. The van der Waals surface area contributed by atoms with Crippen molar-refractivity contribution in [3.8, 4) is 5.75 Å². The van der Waals surface area contributed by atoms with E-state index in [0.717, 1.165) is 10.6 Å². The van der Waals surface area contributed by atoms with Gasteiger partial charge in [-0.3, -0.25) is 0 Å². The van der Waals surface area contributed by atoms with Gasteiger partial charge in [0, 0.05) is 18.0 Å². The van der Waals surface area contributed by atoms with Gasteiger partial charge in [0.2, 0.25) is 0 Å². The van der Waals surface area contributed by atoms with E-state index < -0.39 is 5.97 Å². The molecule has 0 bridgehead atoms. The first kappa shape index (κ1) is 15.7. The van der Waals surface area contributed by atoms with Gasteiger partial charge in [0.1, 0.15) is 5.75 Å². The largest absolute Gasteiger partial charge is 0.493 e. The van der Waals surface area contributed by atoms with Crippen LogP contribution in [0.5, 0.6) is 5.75 Å². The number of rotatable bonds is 7. The Kier molecular flexibility index (Phi) is 4.76. The van der Waals surface area contributed by atoms with Crippen LogP contribution in [0.1, 0.15) is 23.2 Å². The fourth-order valence-corrected chi connectivity index (χ4v) is 2.97. The van der Waals surface area contributed by atoms with Crippen LogP contribution in [0.3, 0.4) is 0 Å². The topological polar surface area (TPSA) is 49.8 Å². The monoisotopic (exact) mass is 329 g/mol. The molecule has 0 aliphatic heterocycles. The summed E-state index contributed by atoms with van der Waals surface area (Å²) in [5.74, 6) is 0.303. The number of nitrogens with zero attached hydrogens (tertiary/aromatic N) is 1. The Bertz CT molecular complexity index is 686. The minimum Gasteiger partial charge on any atom is -0.493 e. The summed E-state index contributed by atoms with van der Waals surface area (Å²) in [6.07, 6.45) is 2.41. The predicted molar refractivity (Wildman–Crippen MR) is 92.3 cm³/mol. The summed E-state index contributed by atoms with van der Waals surface area (Å²) in [4.78, 5) is 12.4. The SMILES string of the molecule is CN(Sc1ccccc1)c1cc(OCC2CC2)cc(C(=O)O)c1. The standard InChI is InChI=1S/C18H19NO3S/c1-19(23-17-5-3-2-4-6-17)15-9-14(18(20)21)10-16(11-15)22-12-13-7-8-13/h2-6,9-11,13H,7-8,12H2,1H3,(H,20,21). The highest BCUT2D eigenvalue weighted by Gasteiger charge is 2.22. The van der Waals surface area contributed by atoms with Crippen molar-refractivity contribution >= 4 is 23.6 Å². The fraction of sp³-hybridized carbons (Fsp3) is 0.278. The van der Waals surface area contributed by atoms with Gasteiger partial charge < -0.3 is 14.1 Å². The molecule has 3 rings (SSSR count). The summed E-state index contributed by atoms with van der Waals surface area (Å²) in [5.41, 5.74) is 1.05.